The van der Waals surface area contributed by atoms with Crippen LogP contribution in [0.5, 0.6) is 5.75 Å². The molecule has 120 valence electrons. The van der Waals surface area contributed by atoms with Crippen LogP contribution < -0.4 is 10.5 Å². The molecule has 1 aromatic carbocycles. The lowest BCUT2D eigenvalue weighted by molar-refractivity contribution is -0.0423. The fourth-order valence-electron chi connectivity index (χ4n) is 1.80. The van der Waals surface area contributed by atoms with Gasteiger partial charge in [-0.2, -0.15) is 0 Å². The van der Waals surface area contributed by atoms with Gasteiger partial charge in [0.15, 0.2) is 0 Å². The SMILES string of the molecule is COCC(C)OCC(O)COc1ccc(Br)cc1[C@H](C)N. The summed E-state index contributed by atoms with van der Waals surface area (Å²) < 4.78 is 17.0. The smallest absolute Gasteiger partial charge is 0.124 e. The molecular weight excluding hydrogens is 338 g/mol. The van der Waals surface area contributed by atoms with Crippen LogP contribution in [0.3, 0.4) is 0 Å². The van der Waals surface area contributed by atoms with E-state index in [9.17, 15) is 5.11 Å². The molecule has 0 aliphatic carbocycles. The van der Waals surface area contributed by atoms with Crippen molar-refractivity contribution in [2.45, 2.75) is 32.1 Å². The lowest BCUT2D eigenvalue weighted by Gasteiger charge is -2.18. The third kappa shape index (κ3) is 6.76. The maximum atomic E-state index is 9.88. The minimum absolute atomic E-state index is 0.0584. The molecule has 0 aliphatic heterocycles. The summed E-state index contributed by atoms with van der Waals surface area (Å²) in [6, 6.07) is 5.49. The molecule has 2 unspecified atom stereocenters. The molecule has 0 fully saturated rings. The van der Waals surface area contributed by atoms with Crippen molar-refractivity contribution >= 4 is 15.9 Å². The van der Waals surface area contributed by atoms with E-state index in [-0.39, 0.29) is 25.4 Å². The molecule has 21 heavy (non-hydrogen) atoms. The summed E-state index contributed by atoms with van der Waals surface area (Å²) in [5, 5.41) is 9.88. The minimum Gasteiger partial charge on any atom is -0.490 e. The van der Waals surface area contributed by atoms with E-state index in [1.807, 2.05) is 32.0 Å². The summed E-state index contributed by atoms with van der Waals surface area (Å²) in [6.45, 7) is 4.63. The lowest BCUT2D eigenvalue weighted by Crippen LogP contribution is -2.27. The van der Waals surface area contributed by atoms with E-state index < -0.39 is 6.10 Å². The van der Waals surface area contributed by atoms with Crippen LogP contribution in [0.1, 0.15) is 25.5 Å². The van der Waals surface area contributed by atoms with E-state index >= 15 is 0 Å². The number of aliphatic hydroxyl groups is 1. The average Bonchev–Trinajstić information content (AvgIpc) is 2.44. The van der Waals surface area contributed by atoms with Crippen LogP contribution in [0, 0.1) is 0 Å². The van der Waals surface area contributed by atoms with Crippen molar-refractivity contribution in [3.8, 4) is 5.75 Å². The van der Waals surface area contributed by atoms with E-state index in [1.54, 1.807) is 7.11 Å². The fraction of sp³-hybridized carbons (Fsp3) is 0.600. The summed E-state index contributed by atoms with van der Waals surface area (Å²) >= 11 is 3.41. The summed E-state index contributed by atoms with van der Waals surface area (Å²) in [5.74, 6) is 0.678. The molecule has 6 heteroatoms. The molecule has 5 nitrogen and oxygen atoms in total. The molecule has 0 amide bonds. The van der Waals surface area contributed by atoms with Gasteiger partial charge in [0.25, 0.3) is 0 Å². The van der Waals surface area contributed by atoms with E-state index in [4.69, 9.17) is 19.9 Å². The molecule has 3 N–H and O–H groups in total. The highest BCUT2D eigenvalue weighted by atomic mass is 79.9. The number of ether oxygens (including phenoxy) is 3. The van der Waals surface area contributed by atoms with Crippen molar-refractivity contribution in [3.05, 3.63) is 28.2 Å². The third-order valence-corrected chi connectivity index (χ3v) is 3.36. The van der Waals surface area contributed by atoms with Crippen LogP contribution >= 0.6 is 15.9 Å². The van der Waals surface area contributed by atoms with Gasteiger partial charge in [-0.25, -0.2) is 0 Å². The van der Waals surface area contributed by atoms with E-state index in [1.165, 1.54) is 0 Å². The highest BCUT2D eigenvalue weighted by molar-refractivity contribution is 9.10. The highest BCUT2D eigenvalue weighted by Crippen LogP contribution is 2.27. The summed E-state index contributed by atoms with van der Waals surface area (Å²) in [5.41, 5.74) is 6.81. The van der Waals surface area contributed by atoms with Crippen LogP contribution in [-0.4, -0.2) is 44.2 Å². The van der Waals surface area contributed by atoms with E-state index in [0.29, 0.717) is 12.4 Å². The van der Waals surface area contributed by atoms with Gasteiger partial charge < -0.3 is 25.1 Å². The zero-order valence-corrected chi connectivity index (χ0v) is 14.3. The molecule has 1 rings (SSSR count). The van der Waals surface area contributed by atoms with Crippen molar-refractivity contribution in [3.63, 3.8) is 0 Å². The quantitative estimate of drug-likeness (QED) is 0.705. The van der Waals surface area contributed by atoms with Gasteiger partial charge in [0, 0.05) is 23.2 Å². The largest absolute Gasteiger partial charge is 0.490 e. The third-order valence-electron chi connectivity index (χ3n) is 2.87. The summed E-state index contributed by atoms with van der Waals surface area (Å²) in [6.07, 6.45) is -0.758. The van der Waals surface area contributed by atoms with Crippen LogP contribution in [0.25, 0.3) is 0 Å². The number of hydrogen-bond donors (Lipinski definition) is 2. The van der Waals surface area contributed by atoms with Crippen molar-refractivity contribution in [1.82, 2.24) is 0 Å². The Hall–Kier alpha value is -0.660. The van der Waals surface area contributed by atoms with Gasteiger partial charge >= 0.3 is 0 Å². The maximum absolute atomic E-state index is 9.88. The van der Waals surface area contributed by atoms with Gasteiger partial charge in [0.2, 0.25) is 0 Å². The second kappa shape index (κ2) is 9.38. The van der Waals surface area contributed by atoms with Gasteiger partial charge in [-0.3, -0.25) is 0 Å². The second-order valence-electron chi connectivity index (χ2n) is 5.03. The highest BCUT2D eigenvalue weighted by Gasteiger charge is 2.12. The Balaban J connectivity index is 2.47. The number of hydrogen-bond acceptors (Lipinski definition) is 5. The van der Waals surface area contributed by atoms with E-state index in [0.717, 1.165) is 10.0 Å². The molecule has 0 spiro atoms. The number of benzene rings is 1. The molecular formula is C15H24BrNO4. The fourth-order valence-corrected chi connectivity index (χ4v) is 2.18. The molecule has 0 saturated heterocycles. The first-order valence-electron chi connectivity index (χ1n) is 6.90. The number of nitrogens with two attached hydrogens (primary N) is 1. The first kappa shape index (κ1) is 18.4. The number of aliphatic hydroxyl groups excluding tert-OH is 1. The maximum Gasteiger partial charge on any atom is 0.124 e. The van der Waals surface area contributed by atoms with Gasteiger partial charge in [0.05, 0.1) is 19.3 Å². The molecule has 0 radical (unpaired) electrons. The number of methoxy groups -OCH3 is 1. The van der Waals surface area contributed by atoms with Crippen LogP contribution in [0.15, 0.2) is 22.7 Å². The average molecular weight is 362 g/mol. The summed E-state index contributed by atoms with van der Waals surface area (Å²) in [4.78, 5) is 0. The van der Waals surface area contributed by atoms with Gasteiger partial charge in [-0.1, -0.05) is 15.9 Å². The first-order valence-corrected chi connectivity index (χ1v) is 7.69. The Kier molecular flexibility index (Phi) is 8.21. The van der Waals surface area contributed by atoms with Gasteiger partial charge in [-0.05, 0) is 32.0 Å². The predicted molar refractivity (Wildman–Crippen MR) is 85.5 cm³/mol. The second-order valence-corrected chi connectivity index (χ2v) is 5.95. The number of rotatable bonds is 9. The van der Waals surface area contributed by atoms with Crippen LogP contribution in [0.4, 0.5) is 0 Å². The van der Waals surface area contributed by atoms with Crippen LogP contribution in [-0.2, 0) is 9.47 Å². The zero-order valence-electron chi connectivity index (χ0n) is 12.7. The Labute approximate surface area is 134 Å². The Morgan fingerprint density at radius 2 is 1.95 bits per heavy atom. The Bertz CT molecular complexity index is 428. The molecule has 1 aromatic rings. The lowest BCUT2D eigenvalue weighted by atomic mass is 10.1. The zero-order chi connectivity index (χ0) is 15.8. The molecule has 0 aliphatic rings. The van der Waals surface area contributed by atoms with Crippen molar-refractivity contribution in [2.75, 3.05) is 26.9 Å². The van der Waals surface area contributed by atoms with Gasteiger partial charge in [0.1, 0.15) is 18.5 Å². The molecule has 0 heterocycles. The Morgan fingerprint density at radius 3 is 2.57 bits per heavy atom. The summed E-state index contributed by atoms with van der Waals surface area (Å²) in [7, 11) is 1.61. The molecule has 0 bridgehead atoms. The molecule has 0 saturated carbocycles. The molecule has 3 atom stereocenters. The van der Waals surface area contributed by atoms with Gasteiger partial charge in [-0.15, -0.1) is 0 Å². The molecule has 0 aromatic heterocycles. The normalized spacial score (nSPS) is 15.5. The standard InChI is InChI=1S/C15H24BrNO4/c1-10(7-19-3)20-8-13(18)9-21-15-5-4-12(16)6-14(15)11(2)17/h4-6,10-11,13,18H,7-9,17H2,1-3H3/t10?,11-,13?/m0/s1. The van der Waals surface area contributed by atoms with E-state index in [2.05, 4.69) is 15.9 Å². The van der Waals surface area contributed by atoms with Crippen molar-refractivity contribution in [1.29, 1.82) is 0 Å². The van der Waals surface area contributed by atoms with Crippen molar-refractivity contribution < 1.29 is 19.3 Å². The first-order chi connectivity index (χ1) is 9.93. The number of halogens is 1. The Morgan fingerprint density at radius 1 is 1.24 bits per heavy atom. The minimum atomic E-state index is -0.700. The topological polar surface area (TPSA) is 73.9 Å². The monoisotopic (exact) mass is 361 g/mol. The predicted octanol–water partition coefficient (Wildman–Crippen LogP) is 2.26. The van der Waals surface area contributed by atoms with Crippen molar-refractivity contribution in [2.24, 2.45) is 5.73 Å². The van der Waals surface area contributed by atoms with Crippen LogP contribution in [0.2, 0.25) is 0 Å².